The van der Waals surface area contributed by atoms with Crippen molar-refractivity contribution in [2.24, 2.45) is 7.05 Å². The van der Waals surface area contributed by atoms with E-state index in [1.165, 1.54) is 11.0 Å². The van der Waals surface area contributed by atoms with Crippen LogP contribution in [0, 0.1) is 12.7 Å². The monoisotopic (exact) mass is 371 g/mol. The van der Waals surface area contributed by atoms with E-state index < -0.39 is 24.0 Å². The van der Waals surface area contributed by atoms with Gasteiger partial charge in [-0.25, -0.2) is 4.39 Å². The van der Waals surface area contributed by atoms with Gasteiger partial charge < -0.3 is 14.5 Å². The molecule has 0 bridgehead atoms. The second kappa shape index (κ2) is 6.27. The second-order valence-electron chi connectivity index (χ2n) is 6.73. The summed E-state index contributed by atoms with van der Waals surface area (Å²) in [6.07, 6.45) is 2.08. The summed E-state index contributed by atoms with van der Waals surface area (Å²) >= 11 is 0. The zero-order chi connectivity index (χ0) is 19.3. The van der Waals surface area contributed by atoms with Gasteiger partial charge in [-0.15, -0.1) is 0 Å². The molecule has 1 amide bonds. The molecule has 3 aromatic rings. The first-order valence-electron chi connectivity index (χ1n) is 8.40. The largest absolute Gasteiger partial charge is 0.382 e. The summed E-state index contributed by atoms with van der Waals surface area (Å²) in [6.45, 7) is 1.66. The minimum absolute atomic E-state index is 0.116. The number of halogens is 1. The minimum Gasteiger partial charge on any atom is -0.382 e. The lowest BCUT2D eigenvalue weighted by molar-refractivity contribution is -0.134. The van der Waals surface area contributed by atoms with Crippen molar-refractivity contribution >= 4 is 5.91 Å². The molecule has 1 fully saturated rings. The number of hydrogen-bond acceptors (Lipinski definition) is 6. The Morgan fingerprint density at radius 2 is 2.07 bits per heavy atom. The number of carbonyl (C=O) groups excluding carboxylic acids is 1. The van der Waals surface area contributed by atoms with Gasteiger partial charge in [0, 0.05) is 31.4 Å². The van der Waals surface area contributed by atoms with Gasteiger partial charge in [0.15, 0.2) is 0 Å². The first-order valence-corrected chi connectivity index (χ1v) is 8.40. The average Bonchev–Trinajstić information content (AvgIpc) is 3.33. The van der Waals surface area contributed by atoms with Crippen LogP contribution in [0.4, 0.5) is 4.39 Å². The molecule has 0 saturated carbocycles. The lowest BCUT2D eigenvalue weighted by atomic mass is 9.94. The maximum Gasteiger partial charge on any atom is 0.252 e. The highest BCUT2D eigenvalue weighted by Crippen LogP contribution is 2.43. The molecule has 4 rings (SSSR count). The molecule has 3 atom stereocenters. The van der Waals surface area contributed by atoms with Gasteiger partial charge in [-0.2, -0.15) is 10.1 Å². The summed E-state index contributed by atoms with van der Waals surface area (Å²) in [4.78, 5) is 18.1. The summed E-state index contributed by atoms with van der Waals surface area (Å²) in [7, 11) is 3.37. The van der Waals surface area contributed by atoms with Gasteiger partial charge in [0.25, 0.3) is 5.91 Å². The number of benzene rings is 1. The summed E-state index contributed by atoms with van der Waals surface area (Å²) < 4.78 is 20.8. The molecule has 3 heterocycles. The number of nitrogens with zero attached hydrogens (tertiary/aromatic N) is 5. The lowest BCUT2D eigenvalue weighted by Crippen LogP contribution is -2.26. The molecule has 0 unspecified atom stereocenters. The van der Waals surface area contributed by atoms with Crippen molar-refractivity contribution in [3.8, 4) is 11.4 Å². The van der Waals surface area contributed by atoms with Crippen LogP contribution in [-0.4, -0.2) is 49.0 Å². The average molecular weight is 371 g/mol. The maximum absolute atomic E-state index is 13.8. The number of aliphatic hydroxyl groups is 1. The highest BCUT2D eigenvalue weighted by Gasteiger charge is 2.50. The quantitative estimate of drug-likeness (QED) is 0.751. The van der Waals surface area contributed by atoms with Crippen molar-refractivity contribution in [3.05, 3.63) is 53.4 Å². The van der Waals surface area contributed by atoms with Crippen LogP contribution < -0.4 is 0 Å². The molecule has 1 aromatic carbocycles. The van der Waals surface area contributed by atoms with Crippen molar-refractivity contribution in [1.29, 1.82) is 0 Å². The first kappa shape index (κ1) is 17.3. The van der Waals surface area contributed by atoms with Crippen LogP contribution in [0.5, 0.6) is 0 Å². The van der Waals surface area contributed by atoms with Crippen molar-refractivity contribution in [1.82, 2.24) is 24.8 Å². The molecule has 0 spiro atoms. The summed E-state index contributed by atoms with van der Waals surface area (Å²) in [5, 5.41) is 18.5. The number of aliphatic hydroxyl groups excluding tert-OH is 1. The van der Waals surface area contributed by atoms with E-state index in [2.05, 4.69) is 15.2 Å². The van der Waals surface area contributed by atoms with E-state index in [4.69, 9.17) is 4.52 Å². The highest BCUT2D eigenvalue weighted by atomic mass is 19.1. The Balaban J connectivity index is 1.73. The summed E-state index contributed by atoms with van der Waals surface area (Å²) in [5.41, 5.74) is 1.71. The molecule has 0 aliphatic carbocycles. The van der Waals surface area contributed by atoms with E-state index in [1.807, 2.05) is 0 Å². The number of rotatable bonds is 3. The van der Waals surface area contributed by atoms with Crippen LogP contribution in [0.2, 0.25) is 0 Å². The van der Waals surface area contributed by atoms with E-state index in [9.17, 15) is 14.3 Å². The Hall–Kier alpha value is -3.07. The van der Waals surface area contributed by atoms with Crippen LogP contribution in [0.1, 0.15) is 29.0 Å². The smallest absolute Gasteiger partial charge is 0.252 e. The number of aromatic nitrogens is 4. The topological polar surface area (TPSA) is 97.3 Å². The fourth-order valence-corrected chi connectivity index (χ4v) is 3.43. The summed E-state index contributed by atoms with van der Waals surface area (Å²) in [5.74, 6) is -1.24. The van der Waals surface area contributed by atoms with Crippen LogP contribution in [0.25, 0.3) is 11.4 Å². The number of likely N-dealkylation sites (tertiary alicyclic amines) is 1. The molecule has 1 aliphatic heterocycles. The zero-order valence-electron chi connectivity index (χ0n) is 15.0. The fraction of sp³-hybridized carbons (Fsp3) is 0.333. The third-order valence-electron chi connectivity index (χ3n) is 4.92. The molecule has 1 aliphatic rings. The van der Waals surface area contributed by atoms with Gasteiger partial charge in [-0.05, 0) is 18.6 Å². The first-order chi connectivity index (χ1) is 12.9. The molecule has 9 heteroatoms. The Morgan fingerprint density at radius 3 is 2.74 bits per heavy atom. The number of likely N-dealkylation sites (N-methyl/N-ethyl adjacent to an activating group) is 1. The normalized spacial score (nSPS) is 22.6. The highest BCUT2D eigenvalue weighted by molar-refractivity contribution is 5.85. The van der Waals surface area contributed by atoms with Gasteiger partial charge in [0.2, 0.25) is 11.7 Å². The van der Waals surface area contributed by atoms with Gasteiger partial charge >= 0.3 is 0 Å². The Bertz CT molecular complexity index is 1010. The lowest BCUT2D eigenvalue weighted by Gasteiger charge is -2.21. The number of aryl methyl sites for hydroxylation is 2. The molecular formula is C18H18FN5O3. The molecular weight excluding hydrogens is 353 g/mol. The van der Waals surface area contributed by atoms with Crippen LogP contribution >= 0.6 is 0 Å². The van der Waals surface area contributed by atoms with Crippen molar-refractivity contribution in [2.75, 3.05) is 7.05 Å². The zero-order valence-corrected chi connectivity index (χ0v) is 15.0. The Kier molecular flexibility index (Phi) is 4.03. The van der Waals surface area contributed by atoms with Gasteiger partial charge in [-0.1, -0.05) is 17.3 Å². The van der Waals surface area contributed by atoms with Crippen LogP contribution in [0.3, 0.4) is 0 Å². The number of hydrogen-bond donors (Lipinski definition) is 1. The van der Waals surface area contributed by atoms with Crippen LogP contribution in [-0.2, 0) is 11.8 Å². The minimum atomic E-state index is -1.32. The molecule has 1 saturated heterocycles. The summed E-state index contributed by atoms with van der Waals surface area (Å²) in [6, 6.07) is 4.14. The third kappa shape index (κ3) is 2.80. The van der Waals surface area contributed by atoms with E-state index >= 15 is 0 Å². The van der Waals surface area contributed by atoms with E-state index in [1.54, 1.807) is 50.2 Å². The van der Waals surface area contributed by atoms with Crippen LogP contribution in [0.15, 0.2) is 35.1 Å². The molecule has 27 heavy (non-hydrogen) atoms. The van der Waals surface area contributed by atoms with Gasteiger partial charge in [0.05, 0.1) is 18.2 Å². The van der Waals surface area contributed by atoms with Gasteiger partial charge in [0.1, 0.15) is 11.9 Å². The predicted octanol–water partition coefficient (Wildman–Crippen LogP) is 1.58. The molecule has 8 nitrogen and oxygen atoms in total. The van der Waals surface area contributed by atoms with Crippen molar-refractivity contribution in [2.45, 2.75) is 25.0 Å². The molecule has 1 N–H and O–H groups in total. The number of amides is 1. The molecule has 140 valence electrons. The van der Waals surface area contributed by atoms with Crippen molar-refractivity contribution in [3.63, 3.8) is 0 Å². The standard InChI is InChI=1S/C18H18FN5O3/c1-9-4-5-10(6-12(9)19)16-21-17(27-22-16)13-14(11-7-20-23(2)8-11)24(3)18(26)15(13)25/h4-8,13-15,25H,1-3H3/t13-,14-,15-/m1/s1. The Labute approximate surface area is 154 Å². The van der Waals surface area contributed by atoms with Crippen molar-refractivity contribution < 1.29 is 18.8 Å². The van der Waals surface area contributed by atoms with E-state index in [-0.39, 0.29) is 17.5 Å². The fourth-order valence-electron chi connectivity index (χ4n) is 3.43. The Morgan fingerprint density at radius 1 is 1.30 bits per heavy atom. The predicted molar refractivity (Wildman–Crippen MR) is 91.9 cm³/mol. The van der Waals surface area contributed by atoms with E-state index in [0.717, 1.165) is 5.56 Å². The molecule has 0 radical (unpaired) electrons. The second-order valence-corrected chi connectivity index (χ2v) is 6.73. The molecule has 2 aromatic heterocycles. The number of carbonyl (C=O) groups is 1. The maximum atomic E-state index is 13.8. The van der Waals surface area contributed by atoms with E-state index in [0.29, 0.717) is 11.1 Å². The SMILES string of the molecule is Cc1ccc(-c2noc([C@@H]3[C@@H](c4cnn(C)c4)N(C)C(=O)[C@@H]3O)n2)cc1F. The third-order valence-corrected chi connectivity index (χ3v) is 4.92. The van der Waals surface area contributed by atoms with Gasteiger partial charge in [-0.3, -0.25) is 9.48 Å².